The lowest BCUT2D eigenvalue weighted by molar-refractivity contribution is -0.123. The quantitative estimate of drug-likeness (QED) is 0.814. The van der Waals surface area contributed by atoms with Gasteiger partial charge in [0.15, 0.2) is 0 Å². The summed E-state index contributed by atoms with van der Waals surface area (Å²) in [7, 11) is 0. The number of rotatable bonds is 3. The maximum atomic E-state index is 14.3. The summed E-state index contributed by atoms with van der Waals surface area (Å²) in [6.07, 6.45) is 0.858. The first-order chi connectivity index (χ1) is 12.8. The van der Waals surface area contributed by atoms with Crippen molar-refractivity contribution in [1.29, 1.82) is 0 Å². The second-order valence-electron chi connectivity index (χ2n) is 9.13. The monoisotopic (exact) mass is 394 g/mol. The van der Waals surface area contributed by atoms with Crippen LogP contribution in [0.5, 0.6) is 5.75 Å². The number of benzene rings is 1. The van der Waals surface area contributed by atoms with Gasteiger partial charge in [-0.15, -0.1) is 0 Å². The molecule has 1 aromatic rings. The highest BCUT2D eigenvalue weighted by molar-refractivity contribution is 5.94. The van der Waals surface area contributed by atoms with Crippen molar-refractivity contribution in [3.05, 3.63) is 24.0 Å². The second kappa shape index (κ2) is 8.37. The molecule has 1 aromatic carbocycles. The van der Waals surface area contributed by atoms with Gasteiger partial charge in [0.2, 0.25) is 5.91 Å². The number of hydrogen-bond donors (Lipinski definition) is 1. The Morgan fingerprint density at radius 2 is 1.71 bits per heavy atom. The van der Waals surface area contributed by atoms with E-state index >= 15 is 0 Å². The van der Waals surface area contributed by atoms with E-state index in [2.05, 4.69) is 5.32 Å². The van der Waals surface area contributed by atoms with Gasteiger partial charge >= 0.3 is 6.09 Å². The Kier molecular flexibility index (Phi) is 6.57. The predicted octanol–water partition coefficient (Wildman–Crippen LogP) is 4.59. The van der Waals surface area contributed by atoms with Gasteiger partial charge in [-0.05, 0) is 32.9 Å². The molecule has 0 atom stereocenters. The van der Waals surface area contributed by atoms with Crippen LogP contribution in [-0.2, 0) is 9.53 Å². The number of nitrogens with one attached hydrogen (secondary N) is 1. The van der Waals surface area contributed by atoms with Crippen LogP contribution in [0.2, 0.25) is 0 Å². The molecule has 0 bridgehead atoms. The van der Waals surface area contributed by atoms with Crippen LogP contribution in [0.25, 0.3) is 0 Å². The Labute approximate surface area is 166 Å². The van der Waals surface area contributed by atoms with Crippen LogP contribution in [0.15, 0.2) is 18.2 Å². The molecule has 2 rings (SSSR count). The predicted molar refractivity (Wildman–Crippen MR) is 106 cm³/mol. The van der Waals surface area contributed by atoms with E-state index in [9.17, 15) is 14.0 Å². The molecule has 156 valence electrons. The fraction of sp³-hybridized carbons (Fsp3) is 0.619. The molecule has 1 aliphatic rings. The smallest absolute Gasteiger partial charge is 0.410 e. The molecule has 2 amide bonds. The molecule has 0 radical (unpaired) electrons. The average molecular weight is 394 g/mol. The highest BCUT2D eigenvalue weighted by Gasteiger charge is 2.28. The zero-order chi connectivity index (χ0) is 21.1. The van der Waals surface area contributed by atoms with E-state index in [0.717, 1.165) is 0 Å². The van der Waals surface area contributed by atoms with Crippen molar-refractivity contribution >= 4 is 17.7 Å². The van der Waals surface area contributed by atoms with E-state index in [0.29, 0.717) is 31.7 Å². The number of ether oxygens (including phenoxy) is 2. The number of carbonyl (C=O) groups excluding carboxylic acids is 2. The lowest BCUT2D eigenvalue weighted by Crippen LogP contribution is -2.44. The summed E-state index contributed by atoms with van der Waals surface area (Å²) in [5.74, 6) is -0.391. The van der Waals surface area contributed by atoms with Crippen LogP contribution in [0.4, 0.5) is 14.9 Å². The number of amides is 2. The Hall–Kier alpha value is -2.31. The maximum absolute atomic E-state index is 14.3. The minimum Gasteiger partial charge on any atom is -0.490 e. The van der Waals surface area contributed by atoms with Gasteiger partial charge in [-0.25, -0.2) is 9.18 Å². The third kappa shape index (κ3) is 6.39. The molecule has 1 fully saturated rings. The van der Waals surface area contributed by atoms with Crippen molar-refractivity contribution < 1.29 is 23.5 Å². The van der Waals surface area contributed by atoms with Gasteiger partial charge in [0.05, 0.1) is 5.69 Å². The lowest BCUT2D eigenvalue weighted by Gasteiger charge is -2.33. The van der Waals surface area contributed by atoms with Crippen molar-refractivity contribution in [1.82, 2.24) is 4.90 Å². The van der Waals surface area contributed by atoms with Crippen LogP contribution in [0.1, 0.15) is 54.4 Å². The third-order valence-corrected chi connectivity index (χ3v) is 4.27. The molecule has 0 aromatic heterocycles. The molecule has 1 aliphatic heterocycles. The van der Waals surface area contributed by atoms with Crippen LogP contribution in [0, 0.1) is 11.2 Å². The molecule has 1 heterocycles. The summed E-state index contributed by atoms with van der Waals surface area (Å²) >= 11 is 0. The highest BCUT2D eigenvalue weighted by Crippen LogP contribution is 2.26. The largest absolute Gasteiger partial charge is 0.490 e. The standard InChI is InChI=1S/C21H31FN2O4/c1-20(2,3)18(25)23-17-8-7-15(13-16(17)22)27-14-9-11-24(12-10-14)19(26)28-21(4,5)6/h7-8,13-14H,9-12H2,1-6H3,(H,23,25). The summed E-state index contributed by atoms with van der Waals surface area (Å²) in [5.41, 5.74) is -0.998. The fourth-order valence-electron chi connectivity index (χ4n) is 2.66. The first kappa shape index (κ1) is 22.0. The molecular formula is C21H31FN2O4. The van der Waals surface area contributed by atoms with Crippen LogP contribution < -0.4 is 10.1 Å². The van der Waals surface area contributed by atoms with E-state index in [-0.39, 0.29) is 23.8 Å². The number of hydrogen-bond acceptors (Lipinski definition) is 4. The van der Waals surface area contributed by atoms with Gasteiger partial charge in [0.25, 0.3) is 0 Å². The van der Waals surface area contributed by atoms with Crippen molar-refractivity contribution in [3.63, 3.8) is 0 Å². The molecule has 0 aliphatic carbocycles. The van der Waals surface area contributed by atoms with E-state index in [1.165, 1.54) is 12.1 Å². The summed E-state index contributed by atoms with van der Waals surface area (Å²) in [4.78, 5) is 25.8. The second-order valence-corrected chi connectivity index (χ2v) is 9.13. The number of likely N-dealkylation sites (tertiary alicyclic amines) is 1. The average Bonchev–Trinajstić information content (AvgIpc) is 2.55. The molecule has 1 N–H and O–H groups in total. The van der Waals surface area contributed by atoms with Crippen molar-refractivity contribution in [2.45, 2.75) is 66.1 Å². The topological polar surface area (TPSA) is 67.9 Å². The zero-order valence-corrected chi connectivity index (χ0v) is 17.6. The van der Waals surface area contributed by atoms with Gasteiger partial charge in [-0.2, -0.15) is 0 Å². The minimum absolute atomic E-state index is 0.104. The van der Waals surface area contributed by atoms with E-state index in [1.807, 2.05) is 20.8 Å². The maximum Gasteiger partial charge on any atom is 0.410 e. The van der Waals surface area contributed by atoms with E-state index < -0.39 is 16.8 Å². The van der Waals surface area contributed by atoms with Crippen LogP contribution >= 0.6 is 0 Å². The van der Waals surface area contributed by atoms with E-state index in [1.54, 1.807) is 31.7 Å². The molecule has 1 saturated heterocycles. The summed E-state index contributed by atoms with van der Waals surface area (Å²) < 4.78 is 25.6. The third-order valence-electron chi connectivity index (χ3n) is 4.27. The lowest BCUT2D eigenvalue weighted by atomic mass is 9.95. The van der Waals surface area contributed by atoms with Crippen molar-refractivity contribution in [2.24, 2.45) is 5.41 Å². The van der Waals surface area contributed by atoms with Crippen LogP contribution in [-0.4, -0.2) is 41.7 Å². The molecule has 28 heavy (non-hydrogen) atoms. The zero-order valence-electron chi connectivity index (χ0n) is 17.6. The number of nitrogens with zero attached hydrogens (tertiary/aromatic N) is 1. The first-order valence-electron chi connectivity index (χ1n) is 9.61. The first-order valence-corrected chi connectivity index (χ1v) is 9.61. The van der Waals surface area contributed by atoms with Crippen molar-refractivity contribution in [3.8, 4) is 5.75 Å². The number of halogens is 1. The molecule has 6 nitrogen and oxygen atoms in total. The van der Waals surface area contributed by atoms with E-state index in [4.69, 9.17) is 9.47 Å². The fourth-order valence-corrected chi connectivity index (χ4v) is 2.66. The van der Waals surface area contributed by atoms with Crippen molar-refractivity contribution in [2.75, 3.05) is 18.4 Å². The number of carbonyl (C=O) groups is 2. The Balaban J connectivity index is 1.89. The Morgan fingerprint density at radius 3 is 2.21 bits per heavy atom. The van der Waals surface area contributed by atoms with Crippen LogP contribution in [0.3, 0.4) is 0 Å². The molecule has 0 spiro atoms. The number of anilines is 1. The normalized spacial score (nSPS) is 15.9. The summed E-state index contributed by atoms with van der Waals surface area (Å²) in [5, 5.41) is 2.59. The van der Waals surface area contributed by atoms with Gasteiger partial charge in [-0.3, -0.25) is 4.79 Å². The Morgan fingerprint density at radius 1 is 1.11 bits per heavy atom. The molecule has 0 saturated carbocycles. The molecular weight excluding hydrogens is 363 g/mol. The highest BCUT2D eigenvalue weighted by atomic mass is 19.1. The SMILES string of the molecule is CC(C)(C)OC(=O)N1CCC(Oc2ccc(NC(=O)C(C)(C)C)c(F)c2)CC1. The van der Waals surface area contributed by atoms with Gasteiger partial charge in [-0.1, -0.05) is 20.8 Å². The minimum atomic E-state index is -0.607. The van der Waals surface area contributed by atoms with Gasteiger partial charge in [0, 0.05) is 37.4 Å². The molecule has 7 heteroatoms. The molecule has 0 unspecified atom stereocenters. The summed E-state index contributed by atoms with van der Waals surface area (Å²) in [6, 6.07) is 4.42. The van der Waals surface area contributed by atoms with Gasteiger partial charge < -0.3 is 19.7 Å². The van der Waals surface area contributed by atoms with Gasteiger partial charge in [0.1, 0.15) is 23.3 Å². The summed E-state index contributed by atoms with van der Waals surface area (Å²) in [6.45, 7) is 11.9. The number of piperidine rings is 1. The Bertz CT molecular complexity index is 714.